The number of aliphatic hydroxyl groups excluding tert-OH is 2. The number of aliphatic hydroxyl groups is 2. The van der Waals surface area contributed by atoms with Gasteiger partial charge in [0, 0.05) is 17.3 Å². The molecule has 2 nitrogen and oxygen atoms in total. The Morgan fingerprint density at radius 2 is 1.94 bits per heavy atom. The maximum absolute atomic E-state index is 9.37. The number of rotatable bonds is 7. The minimum atomic E-state index is -0.614. The van der Waals surface area contributed by atoms with Gasteiger partial charge in [0.25, 0.3) is 0 Å². The predicted octanol–water partition coefficient (Wildman–Crippen LogP) is -1.65. The van der Waals surface area contributed by atoms with Gasteiger partial charge in [-0.3, -0.25) is 0 Å². The van der Waals surface area contributed by atoms with Crippen LogP contribution in [0.5, 0.6) is 0 Å². The third kappa shape index (κ3) is 6.74. The highest BCUT2D eigenvalue weighted by molar-refractivity contribution is 7.99. The smallest absolute Gasteiger partial charge is 0.141 e. The summed E-state index contributed by atoms with van der Waals surface area (Å²) in [5.74, 6) is 1.61. The highest BCUT2D eigenvalue weighted by atomic mass is 35.5. The van der Waals surface area contributed by atoms with E-state index in [1.54, 1.807) is 0 Å². The molecule has 0 heterocycles. The van der Waals surface area contributed by atoms with Crippen molar-refractivity contribution in [2.45, 2.75) is 12.5 Å². The van der Waals surface area contributed by atoms with Gasteiger partial charge in [-0.05, 0) is 5.56 Å². The van der Waals surface area contributed by atoms with Gasteiger partial charge in [0.1, 0.15) is 23.0 Å². The Labute approximate surface area is 112 Å². The fourth-order valence-electron chi connectivity index (χ4n) is 1.43. The lowest BCUT2D eigenvalue weighted by atomic mass is 10.2. The third-order valence-corrected chi connectivity index (χ3v) is 4.36. The Morgan fingerprint density at radius 1 is 1.29 bits per heavy atom. The molecule has 0 saturated heterocycles. The van der Waals surface area contributed by atoms with Gasteiger partial charge in [0.15, 0.2) is 0 Å². The summed E-state index contributed by atoms with van der Waals surface area (Å²) in [6.45, 7) is 3.62. The van der Waals surface area contributed by atoms with Gasteiger partial charge in [0.2, 0.25) is 0 Å². The molecule has 2 atom stereocenters. The molecule has 0 amide bonds. The molecule has 17 heavy (non-hydrogen) atoms. The number of aryl methyl sites for hydroxylation is 1. The van der Waals surface area contributed by atoms with Crippen LogP contribution in [0.25, 0.3) is 0 Å². The van der Waals surface area contributed by atoms with E-state index in [4.69, 9.17) is 5.11 Å². The molecular weight excluding hydrogens is 256 g/mol. The second-order valence-corrected chi connectivity index (χ2v) is 5.80. The van der Waals surface area contributed by atoms with Crippen LogP contribution < -0.4 is 12.4 Å². The van der Waals surface area contributed by atoms with Gasteiger partial charge in [-0.25, -0.2) is 0 Å². The van der Waals surface area contributed by atoms with Crippen molar-refractivity contribution in [3.63, 3.8) is 0 Å². The number of hydrogen-bond acceptors (Lipinski definition) is 2. The van der Waals surface area contributed by atoms with Crippen molar-refractivity contribution in [2.75, 3.05) is 18.1 Å². The summed E-state index contributed by atoms with van der Waals surface area (Å²) in [5, 5.41) is 20.0. The molecule has 0 saturated carbocycles. The molecule has 0 spiro atoms. The largest absolute Gasteiger partial charge is 1.00 e. The van der Waals surface area contributed by atoms with Crippen molar-refractivity contribution in [3.05, 3.63) is 47.9 Å². The van der Waals surface area contributed by atoms with Crippen LogP contribution in [0.3, 0.4) is 0 Å². The topological polar surface area (TPSA) is 40.5 Å². The first kappa shape index (κ1) is 16.5. The van der Waals surface area contributed by atoms with Gasteiger partial charge in [-0.2, -0.15) is 0 Å². The van der Waals surface area contributed by atoms with Crippen LogP contribution in [0, 0.1) is 0 Å². The van der Waals surface area contributed by atoms with Crippen LogP contribution in [0.2, 0.25) is 0 Å². The second-order valence-electron chi connectivity index (χ2n) is 3.65. The minimum absolute atomic E-state index is 0. The molecule has 0 fully saturated rings. The van der Waals surface area contributed by atoms with Crippen LogP contribution in [0.15, 0.2) is 42.3 Å². The van der Waals surface area contributed by atoms with Gasteiger partial charge < -0.3 is 22.6 Å². The molecule has 1 aromatic carbocycles. The van der Waals surface area contributed by atoms with Gasteiger partial charge in [-0.1, -0.05) is 36.9 Å². The first-order valence-corrected chi connectivity index (χ1v) is 7.00. The summed E-state index contributed by atoms with van der Waals surface area (Å²) in [4.78, 5) is 0. The normalized spacial score (nSPS) is 13.5. The van der Waals surface area contributed by atoms with Gasteiger partial charge in [0.05, 0.1) is 6.61 Å². The van der Waals surface area contributed by atoms with E-state index in [1.165, 1.54) is 5.56 Å². The Balaban J connectivity index is 0.00000256. The number of benzene rings is 1. The minimum Gasteiger partial charge on any atom is -1.00 e. The first-order chi connectivity index (χ1) is 7.76. The molecule has 4 heteroatoms. The van der Waals surface area contributed by atoms with Crippen molar-refractivity contribution in [1.82, 2.24) is 0 Å². The Hall–Kier alpha value is -0.480. The molecule has 0 aliphatic carbocycles. The van der Waals surface area contributed by atoms with Crippen molar-refractivity contribution < 1.29 is 22.6 Å². The molecule has 0 aliphatic rings. The average Bonchev–Trinajstić information content (AvgIpc) is 2.35. The van der Waals surface area contributed by atoms with Gasteiger partial charge >= 0.3 is 0 Å². The molecule has 2 unspecified atom stereocenters. The van der Waals surface area contributed by atoms with E-state index in [9.17, 15) is 5.11 Å². The fraction of sp³-hybridized carbons (Fsp3) is 0.385. The van der Waals surface area contributed by atoms with Crippen molar-refractivity contribution in [3.8, 4) is 0 Å². The Kier molecular flexibility index (Phi) is 9.27. The van der Waals surface area contributed by atoms with E-state index in [0.717, 1.165) is 12.2 Å². The van der Waals surface area contributed by atoms with E-state index < -0.39 is 6.10 Å². The Morgan fingerprint density at radius 3 is 2.47 bits per heavy atom. The van der Waals surface area contributed by atoms with E-state index >= 15 is 0 Å². The maximum atomic E-state index is 9.37. The lowest BCUT2D eigenvalue weighted by Crippen LogP contribution is -3.00. The summed E-state index contributed by atoms with van der Waals surface area (Å²) in [6.07, 6.45) is 0.380. The van der Waals surface area contributed by atoms with Crippen LogP contribution >= 0.6 is 0 Å². The number of halogens is 1. The monoisotopic (exact) mass is 274 g/mol. The van der Waals surface area contributed by atoms with Gasteiger partial charge in [-0.15, -0.1) is 0 Å². The molecule has 1 rings (SSSR count). The summed E-state index contributed by atoms with van der Waals surface area (Å²) < 4.78 is 0. The zero-order chi connectivity index (χ0) is 11.8. The van der Waals surface area contributed by atoms with Crippen LogP contribution in [-0.2, 0) is 17.3 Å². The molecule has 0 bridgehead atoms. The number of hydrogen-bond donors (Lipinski definition) is 2. The average molecular weight is 275 g/mol. The Bertz CT molecular complexity index is 306. The summed E-state index contributed by atoms with van der Waals surface area (Å²) in [6, 6.07) is 10.3. The lowest BCUT2D eigenvalue weighted by Gasteiger charge is -2.07. The molecule has 2 N–H and O–H groups in total. The zero-order valence-corrected chi connectivity index (χ0v) is 11.3. The van der Waals surface area contributed by atoms with Crippen molar-refractivity contribution in [2.24, 2.45) is 0 Å². The highest BCUT2D eigenvalue weighted by Gasteiger charge is 2.19. The second kappa shape index (κ2) is 9.54. The molecule has 1 aromatic rings. The zero-order valence-electron chi connectivity index (χ0n) is 9.76. The third-order valence-electron chi connectivity index (χ3n) is 2.35. The van der Waals surface area contributed by atoms with E-state index in [0.29, 0.717) is 5.75 Å². The van der Waals surface area contributed by atoms with E-state index in [-0.39, 0.29) is 29.9 Å². The quantitative estimate of drug-likeness (QED) is 0.585. The van der Waals surface area contributed by atoms with Crippen LogP contribution in [0.1, 0.15) is 5.56 Å². The molecule has 96 valence electrons. The highest BCUT2D eigenvalue weighted by Crippen LogP contribution is 2.07. The van der Waals surface area contributed by atoms with E-state index in [2.05, 4.69) is 18.7 Å². The fourth-order valence-corrected chi connectivity index (χ4v) is 3.00. The van der Waals surface area contributed by atoms with E-state index in [1.807, 2.05) is 23.6 Å². The molecule has 0 aromatic heterocycles. The van der Waals surface area contributed by atoms with Crippen LogP contribution in [-0.4, -0.2) is 34.4 Å². The van der Waals surface area contributed by atoms with Crippen LogP contribution in [0.4, 0.5) is 0 Å². The lowest BCUT2D eigenvalue weighted by molar-refractivity contribution is -0.00000533. The summed E-state index contributed by atoms with van der Waals surface area (Å²) in [5.41, 5.74) is 1.31. The first-order valence-electron chi connectivity index (χ1n) is 5.38. The SMILES string of the molecule is C=C[S+](CCc1ccccc1)CC(O)CO.[Cl-]. The summed E-state index contributed by atoms with van der Waals surface area (Å²) >= 11 is 0. The van der Waals surface area contributed by atoms with Crippen molar-refractivity contribution in [1.29, 1.82) is 0 Å². The molecule has 0 radical (unpaired) electrons. The predicted molar refractivity (Wildman–Crippen MR) is 70.5 cm³/mol. The van der Waals surface area contributed by atoms with Crippen molar-refractivity contribution >= 4 is 10.9 Å². The molecule has 0 aliphatic heterocycles. The maximum Gasteiger partial charge on any atom is 0.141 e. The summed E-state index contributed by atoms with van der Waals surface area (Å²) in [7, 11) is -0.00802. The standard InChI is InChI=1S/C13H19O2S.ClH/c1-2-16(11-13(15)10-14)9-8-12-6-4-3-5-7-12;/h2-7,13-15H,1,8-11H2;1H/q+1;/p-1. The molecular formula is C13H19ClO2S.